The Bertz CT molecular complexity index is 500. The Kier molecular flexibility index (Phi) is 4.34. The Balaban J connectivity index is 2.15. The molecule has 0 aromatic carbocycles. The topological polar surface area (TPSA) is 13.1 Å². The third-order valence-electron chi connectivity index (χ3n) is 4.76. The van der Waals surface area contributed by atoms with Gasteiger partial charge in [0.05, 0.1) is 11.6 Å². The number of allylic oxidation sites excluding steroid dienone is 2. The minimum atomic E-state index is -1.35. The summed E-state index contributed by atoms with van der Waals surface area (Å²) in [7, 11) is -1.35. The third kappa shape index (κ3) is 3.28. The molecular formula is C18H30OSi. The van der Waals surface area contributed by atoms with Gasteiger partial charge in [0.25, 0.3) is 0 Å². The van der Waals surface area contributed by atoms with Gasteiger partial charge in [0, 0.05) is 0 Å². The summed E-state index contributed by atoms with van der Waals surface area (Å²) >= 11 is 0. The fraction of sp³-hybridized carbons (Fsp3) is 0.667. The molecule has 0 bridgehead atoms. The molecule has 2 heteroatoms. The van der Waals surface area contributed by atoms with E-state index in [0.717, 1.165) is 6.42 Å². The average molecular weight is 291 g/mol. The Labute approximate surface area is 125 Å². The van der Waals surface area contributed by atoms with E-state index in [9.17, 15) is 0 Å². The van der Waals surface area contributed by atoms with Crippen molar-refractivity contribution >= 4 is 13.5 Å². The summed E-state index contributed by atoms with van der Waals surface area (Å²) in [6.07, 6.45) is 8.23. The largest absolute Gasteiger partial charge is 0.474 e. The molecule has 1 aromatic heterocycles. The lowest BCUT2D eigenvalue weighted by Crippen LogP contribution is -2.38. The van der Waals surface area contributed by atoms with Gasteiger partial charge in [0.1, 0.15) is 8.07 Å². The van der Waals surface area contributed by atoms with Crippen LogP contribution in [0.25, 0.3) is 0 Å². The predicted molar refractivity (Wildman–Crippen MR) is 90.3 cm³/mol. The van der Waals surface area contributed by atoms with Crippen LogP contribution in [0.4, 0.5) is 0 Å². The lowest BCUT2D eigenvalue weighted by atomic mass is 9.71. The van der Waals surface area contributed by atoms with Crippen molar-refractivity contribution in [3.05, 3.63) is 29.0 Å². The molecular weight excluding hydrogens is 260 g/mol. The normalized spacial score (nSPS) is 19.5. The molecule has 0 fully saturated rings. The molecule has 1 aliphatic carbocycles. The first-order valence-corrected chi connectivity index (χ1v) is 11.5. The van der Waals surface area contributed by atoms with Crippen LogP contribution in [-0.2, 0) is 6.42 Å². The molecule has 0 N–H and O–H groups in total. The Morgan fingerprint density at radius 1 is 1.20 bits per heavy atom. The van der Waals surface area contributed by atoms with Gasteiger partial charge in [-0.3, -0.25) is 0 Å². The van der Waals surface area contributed by atoms with Crippen molar-refractivity contribution < 1.29 is 4.42 Å². The number of furan rings is 1. The summed E-state index contributed by atoms with van der Waals surface area (Å²) in [5, 5.41) is 1.30. The van der Waals surface area contributed by atoms with Crippen molar-refractivity contribution in [2.75, 3.05) is 0 Å². The maximum atomic E-state index is 5.79. The zero-order valence-electron chi connectivity index (χ0n) is 14.1. The predicted octanol–water partition coefficient (Wildman–Crippen LogP) is 5.28. The fourth-order valence-corrected chi connectivity index (χ4v) is 5.27. The molecule has 0 saturated carbocycles. The lowest BCUT2D eigenvalue weighted by Gasteiger charge is -2.35. The van der Waals surface area contributed by atoms with Gasteiger partial charge in [-0.05, 0) is 56.1 Å². The maximum Gasteiger partial charge on any atom is 0.123 e. The molecule has 0 spiro atoms. The number of aryl methyl sites for hydroxylation is 1. The van der Waals surface area contributed by atoms with E-state index in [-0.39, 0.29) is 0 Å². The molecule has 2 rings (SSSR count). The minimum absolute atomic E-state index is 0.394. The van der Waals surface area contributed by atoms with Crippen LogP contribution < -0.4 is 5.38 Å². The van der Waals surface area contributed by atoms with Crippen LogP contribution in [0.15, 0.2) is 27.9 Å². The summed E-state index contributed by atoms with van der Waals surface area (Å²) in [4.78, 5) is 0. The average Bonchev–Trinajstić information content (AvgIpc) is 2.75. The Morgan fingerprint density at radius 3 is 2.50 bits per heavy atom. The molecule has 0 aliphatic heterocycles. The third-order valence-corrected chi connectivity index (χ3v) is 6.56. The van der Waals surface area contributed by atoms with Gasteiger partial charge in [0.2, 0.25) is 0 Å². The SMILES string of the molecule is CC1=C(CCc2ccoc2[Si](C)(C)C)C(C)(C)CCC1. The lowest BCUT2D eigenvalue weighted by molar-refractivity contribution is 0.354. The highest BCUT2D eigenvalue weighted by Gasteiger charge is 2.29. The van der Waals surface area contributed by atoms with E-state index < -0.39 is 8.07 Å². The van der Waals surface area contributed by atoms with Crippen molar-refractivity contribution in [3.8, 4) is 0 Å². The summed E-state index contributed by atoms with van der Waals surface area (Å²) < 4.78 is 5.79. The smallest absolute Gasteiger partial charge is 0.123 e. The summed E-state index contributed by atoms with van der Waals surface area (Å²) in [6, 6.07) is 2.19. The van der Waals surface area contributed by atoms with Crippen LogP contribution in [-0.4, -0.2) is 8.07 Å². The van der Waals surface area contributed by atoms with Gasteiger partial charge in [0.15, 0.2) is 0 Å². The van der Waals surface area contributed by atoms with E-state index in [1.54, 1.807) is 11.1 Å². The first-order chi connectivity index (χ1) is 9.22. The highest BCUT2D eigenvalue weighted by atomic mass is 28.3. The molecule has 0 unspecified atom stereocenters. The number of rotatable bonds is 4. The molecule has 0 amide bonds. The van der Waals surface area contributed by atoms with Crippen LogP contribution in [0.2, 0.25) is 19.6 Å². The molecule has 112 valence electrons. The van der Waals surface area contributed by atoms with Crippen LogP contribution >= 0.6 is 0 Å². The maximum absolute atomic E-state index is 5.79. The van der Waals surface area contributed by atoms with Crippen LogP contribution in [0, 0.1) is 5.41 Å². The molecule has 0 saturated heterocycles. The molecule has 1 nitrogen and oxygen atoms in total. The van der Waals surface area contributed by atoms with E-state index >= 15 is 0 Å². The second kappa shape index (κ2) is 5.55. The molecule has 20 heavy (non-hydrogen) atoms. The summed E-state index contributed by atoms with van der Waals surface area (Å²) in [6.45, 7) is 14.3. The van der Waals surface area contributed by atoms with Crippen molar-refractivity contribution in [2.24, 2.45) is 5.41 Å². The molecule has 0 atom stereocenters. The highest BCUT2D eigenvalue weighted by molar-refractivity contribution is 6.88. The standard InChI is InChI=1S/C18H30OSi/c1-14-8-7-12-18(2,3)16(14)10-9-15-11-13-19-17(15)20(4,5)6/h11,13H,7-10,12H2,1-6H3. The van der Waals surface area contributed by atoms with Crippen molar-refractivity contribution in [2.45, 2.75) is 72.5 Å². The summed E-state index contributed by atoms with van der Waals surface area (Å²) in [5.41, 5.74) is 5.18. The monoisotopic (exact) mass is 290 g/mol. The van der Waals surface area contributed by atoms with Gasteiger partial charge < -0.3 is 4.42 Å². The van der Waals surface area contributed by atoms with E-state index in [1.165, 1.54) is 36.6 Å². The molecule has 1 heterocycles. The quantitative estimate of drug-likeness (QED) is 0.543. The summed E-state index contributed by atoms with van der Waals surface area (Å²) in [5.74, 6) is 0. The zero-order valence-corrected chi connectivity index (χ0v) is 15.1. The van der Waals surface area contributed by atoms with Gasteiger partial charge in [-0.25, -0.2) is 0 Å². The van der Waals surface area contributed by atoms with Crippen molar-refractivity contribution in [1.29, 1.82) is 0 Å². The van der Waals surface area contributed by atoms with Crippen LogP contribution in [0.5, 0.6) is 0 Å². The van der Waals surface area contributed by atoms with E-state index in [4.69, 9.17) is 4.42 Å². The fourth-order valence-electron chi connectivity index (χ4n) is 3.68. The Hall–Kier alpha value is -0.763. The van der Waals surface area contributed by atoms with E-state index in [2.05, 4.69) is 46.5 Å². The highest BCUT2D eigenvalue weighted by Crippen LogP contribution is 2.42. The van der Waals surface area contributed by atoms with Crippen LogP contribution in [0.1, 0.15) is 52.0 Å². The van der Waals surface area contributed by atoms with Gasteiger partial charge in [-0.2, -0.15) is 0 Å². The van der Waals surface area contributed by atoms with Gasteiger partial charge in [-0.15, -0.1) is 0 Å². The molecule has 1 aromatic rings. The number of hydrogen-bond acceptors (Lipinski definition) is 1. The van der Waals surface area contributed by atoms with Crippen LogP contribution in [0.3, 0.4) is 0 Å². The zero-order chi connectivity index (χ0) is 15.0. The van der Waals surface area contributed by atoms with Gasteiger partial charge >= 0.3 is 0 Å². The van der Waals surface area contributed by atoms with Gasteiger partial charge in [-0.1, -0.05) is 44.6 Å². The molecule has 1 aliphatic rings. The second-order valence-electron chi connectivity index (χ2n) is 8.02. The van der Waals surface area contributed by atoms with E-state index in [1.807, 2.05) is 6.26 Å². The first kappa shape index (κ1) is 15.6. The Morgan fingerprint density at radius 2 is 1.90 bits per heavy atom. The second-order valence-corrected chi connectivity index (χ2v) is 13.0. The van der Waals surface area contributed by atoms with Crippen molar-refractivity contribution in [3.63, 3.8) is 0 Å². The first-order valence-electron chi connectivity index (χ1n) is 7.98. The number of hydrogen-bond donors (Lipinski definition) is 0. The van der Waals surface area contributed by atoms with Crippen molar-refractivity contribution in [1.82, 2.24) is 0 Å². The minimum Gasteiger partial charge on any atom is -0.474 e. The molecule has 0 radical (unpaired) electrons. The van der Waals surface area contributed by atoms with E-state index in [0.29, 0.717) is 5.41 Å².